The molecule has 1 N–H and O–H groups in total. The fourth-order valence-electron chi connectivity index (χ4n) is 2.79. The maximum absolute atomic E-state index is 12.3. The standard InChI is InChI=1S/C18H13Cl2N3O2S2/c19-11-5-3-4-10(8-11)16-15(20)17(25)23(16)22-14(24)9-26-18-21-12-6-1-2-7-13(12)27-18/h1-8,15-16H,9H2,(H,22,24). The molecule has 2 heterocycles. The molecule has 2 aromatic carbocycles. The van der Waals surface area contributed by atoms with E-state index in [-0.39, 0.29) is 17.6 Å². The zero-order valence-electron chi connectivity index (χ0n) is 13.8. The number of rotatable bonds is 5. The van der Waals surface area contributed by atoms with Gasteiger partial charge >= 0.3 is 0 Å². The number of amides is 2. The minimum absolute atomic E-state index is 0.152. The number of halogens is 2. The molecule has 0 bridgehead atoms. The maximum Gasteiger partial charge on any atom is 0.262 e. The molecule has 1 aromatic heterocycles. The van der Waals surface area contributed by atoms with Gasteiger partial charge in [0.05, 0.1) is 16.0 Å². The van der Waals surface area contributed by atoms with Crippen LogP contribution in [-0.2, 0) is 9.59 Å². The average molecular weight is 438 g/mol. The summed E-state index contributed by atoms with van der Waals surface area (Å²) in [4.78, 5) is 28.9. The highest BCUT2D eigenvalue weighted by atomic mass is 35.5. The first kappa shape index (κ1) is 18.6. The third kappa shape index (κ3) is 3.78. The summed E-state index contributed by atoms with van der Waals surface area (Å²) < 4.78 is 1.88. The lowest BCUT2D eigenvalue weighted by Crippen LogP contribution is -2.63. The van der Waals surface area contributed by atoms with Crippen molar-refractivity contribution in [2.75, 3.05) is 5.75 Å². The summed E-state index contributed by atoms with van der Waals surface area (Å²) in [5, 5.41) is 1.10. The van der Waals surface area contributed by atoms with Crippen LogP contribution in [-0.4, -0.2) is 32.9 Å². The minimum atomic E-state index is -0.722. The van der Waals surface area contributed by atoms with Crippen LogP contribution < -0.4 is 5.43 Å². The van der Waals surface area contributed by atoms with Crippen molar-refractivity contribution in [2.24, 2.45) is 0 Å². The van der Waals surface area contributed by atoms with E-state index in [9.17, 15) is 9.59 Å². The Labute approximate surface area is 173 Å². The van der Waals surface area contributed by atoms with Crippen LogP contribution in [0.25, 0.3) is 10.2 Å². The highest BCUT2D eigenvalue weighted by Gasteiger charge is 2.48. The highest BCUT2D eigenvalue weighted by Crippen LogP contribution is 2.38. The maximum atomic E-state index is 12.3. The Hall–Kier alpha value is -1.80. The lowest BCUT2D eigenvalue weighted by molar-refractivity contribution is -0.155. The van der Waals surface area contributed by atoms with Gasteiger partial charge < -0.3 is 0 Å². The fourth-order valence-corrected chi connectivity index (χ4v) is 5.22. The Morgan fingerprint density at radius 1 is 1.26 bits per heavy atom. The number of β-lactam (4-membered cyclic amide) rings is 1. The number of nitrogens with one attached hydrogen (secondary N) is 1. The van der Waals surface area contributed by atoms with Gasteiger partial charge in [-0.05, 0) is 29.8 Å². The second kappa shape index (κ2) is 7.67. The van der Waals surface area contributed by atoms with E-state index in [1.165, 1.54) is 28.1 Å². The quantitative estimate of drug-likeness (QED) is 0.367. The molecular weight excluding hydrogens is 425 g/mol. The Morgan fingerprint density at radius 2 is 2.07 bits per heavy atom. The molecule has 5 nitrogen and oxygen atoms in total. The molecule has 0 radical (unpaired) electrons. The van der Waals surface area contributed by atoms with Crippen LogP contribution in [0, 0.1) is 0 Å². The van der Waals surface area contributed by atoms with Gasteiger partial charge in [0.2, 0.25) is 5.91 Å². The molecule has 3 aromatic rings. The molecular formula is C18H13Cl2N3O2S2. The number of hydrogen-bond acceptors (Lipinski definition) is 5. The predicted octanol–water partition coefficient (Wildman–Crippen LogP) is 4.26. The number of nitrogens with zero attached hydrogens (tertiary/aromatic N) is 2. The Balaban J connectivity index is 1.40. The summed E-state index contributed by atoms with van der Waals surface area (Å²) in [5.74, 6) is -0.470. The van der Waals surface area contributed by atoms with Gasteiger partial charge in [-0.3, -0.25) is 15.0 Å². The molecule has 1 aliphatic rings. The van der Waals surface area contributed by atoms with Crippen molar-refractivity contribution >= 4 is 68.3 Å². The molecule has 2 amide bonds. The van der Waals surface area contributed by atoms with Gasteiger partial charge in [-0.2, -0.15) is 0 Å². The molecule has 1 aliphatic heterocycles. The van der Waals surface area contributed by atoms with E-state index in [4.69, 9.17) is 23.2 Å². The van der Waals surface area contributed by atoms with Crippen LogP contribution >= 0.6 is 46.3 Å². The number of alkyl halides is 1. The third-order valence-corrected chi connectivity index (χ3v) is 6.90. The summed E-state index contributed by atoms with van der Waals surface area (Å²) in [6, 6.07) is 14.5. The number of hydrogen-bond donors (Lipinski definition) is 1. The molecule has 27 heavy (non-hydrogen) atoms. The summed E-state index contributed by atoms with van der Waals surface area (Å²) in [5.41, 5.74) is 4.33. The van der Waals surface area contributed by atoms with E-state index in [1.54, 1.807) is 18.2 Å². The molecule has 2 atom stereocenters. The van der Waals surface area contributed by atoms with Crippen LogP contribution in [0.3, 0.4) is 0 Å². The van der Waals surface area contributed by atoms with E-state index in [0.29, 0.717) is 5.02 Å². The van der Waals surface area contributed by atoms with Gasteiger partial charge in [0.15, 0.2) is 4.34 Å². The number of benzene rings is 2. The lowest BCUT2D eigenvalue weighted by Gasteiger charge is -2.43. The van der Waals surface area contributed by atoms with Crippen LogP contribution in [0.15, 0.2) is 52.9 Å². The second-order valence-electron chi connectivity index (χ2n) is 5.88. The summed E-state index contributed by atoms with van der Waals surface area (Å²) in [7, 11) is 0. The van der Waals surface area contributed by atoms with Gasteiger partial charge in [0.1, 0.15) is 11.4 Å². The lowest BCUT2D eigenvalue weighted by atomic mass is 9.95. The number of carbonyl (C=O) groups is 2. The number of carbonyl (C=O) groups excluding carboxylic acids is 2. The largest absolute Gasteiger partial charge is 0.272 e. The number of aromatic nitrogens is 1. The monoisotopic (exact) mass is 437 g/mol. The molecule has 2 unspecified atom stereocenters. The first-order valence-corrected chi connectivity index (χ1v) is 10.6. The van der Waals surface area contributed by atoms with Crippen LogP contribution in [0.5, 0.6) is 0 Å². The van der Waals surface area contributed by atoms with Crippen LogP contribution in [0.2, 0.25) is 5.02 Å². The molecule has 0 aliphatic carbocycles. The molecule has 9 heteroatoms. The normalized spacial score (nSPS) is 19.2. The van der Waals surface area contributed by atoms with Crippen LogP contribution in [0.1, 0.15) is 11.6 Å². The molecule has 1 fully saturated rings. The fraction of sp³-hybridized carbons (Fsp3) is 0.167. The van der Waals surface area contributed by atoms with Gasteiger partial charge in [-0.15, -0.1) is 22.9 Å². The van der Waals surface area contributed by atoms with Crippen molar-refractivity contribution in [3.8, 4) is 0 Å². The zero-order valence-corrected chi connectivity index (χ0v) is 16.9. The Kier molecular flexibility index (Phi) is 5.27. The first-order valence-electron chi connectivity index (χ1n) is 8.03. The second-order valence-corrected chi connectivity index (χ2v) is 9.04. The summed E-state index contributed by atoms with van der Waals surface area (Å²) in [6.07, 6.45) is 0. The van der Waals surface area contributed by atoms with Crippen LogP contribution in [0.4, 0.5) is 0 Å². The smallest absolute Gasteiger partial charge is 0.262 e. The van der Waals surface area contributed by atoms with E-state index in [0.717, 1.165) is 20.1 Å². The molecule has 138 valence electrons. The number of para-hydroxylation sites is 1. The highest BCUT2D eigenvalue weighted by molar-refractivity contribution is 8.01. The van der Waals surface area contributed by atoms with Crippen molar-refractivity contribution < 1.29 is 9.59 Å². The topological polar surface area (TPSA) is 62.3 Å². The number of hydrazine groups is 1. The number of fused-ring (bicyclic) bond motifs is 1. The summed E-state index contributed by atoms with van der Waals surface area (Å²) >= 11 is 15.0. The SMILES string of the molecule is O=C(CSc1nc2ccccc2s1)NN1C(=O)C(Cl)C1c1cccc(Cl)c1. The van der Waals surface area contributed by atoms with Gasteiger partial charge in [0, 0.05) is 5.02 Å². The predicted molar refractivity (Wildman–Crippen MR) is 109 cm³/mol. The molecule has 0 spiro atoms. The number of thiazole rings is 1. The summed E-state index contributed by atoms with van der Waals surface area (Å²) in [6.45, 7) is 0. The van der Waals surface area contributed by atoms with Crippen molar-refractivity contribution in [3.05, 3.63) is 59.1 Å². The minimum Gasteiger partial charge on any atom is -0.272 e. The molecule has 4 rings (SSSR count). The molecule has 1 saturated heterocycles. The van der Waals surface area contributed by atoms with Crippen molar-refractivity contribution in [2.45, 2.75) is 15.8 Å². The first-order chi connectivity index (χ1) is 13.0. The van der Waals surface area contributed by atoms with E-state index in [1.807, 2.05) is 30.3 Å². The molecule has 0 saturated carbocycles. The van der Waals surface area contributed by atoms with Gasteiger partial charge in [-0.1, -0.05) is 47.6 Å². The third-order valence-electron chi connectivity index (χ3n) is 4.07. The number of thioether (sulfide) groups is 1. The van der Waals surface area contributed by atoms with E-state index < -0.39 is 11.4 Å². The van der Waals surface area contributed by atoms with Crippen molar-refractivity contribution in [1.29, 1.82) is 0 Å². The zero-order chi connectivity index (χ0) is 19.0. The Bertz CT molecular complexity index is 994. The van der Waals surface area contributed by atoms with Crippen molar-refractivity contribution in [3.63, 3.8) is 0 Å². The van der Waals surface area contributed by atoms with Gasteiger partial charge in [-0.25, -0.2) is 9.99 Å². The Morgan fingerprint density at radius 3 is 2.85 bits per heavy atom. The van der Waals surface area contributed by atoms with E-state index in [2.05, 4.69) is 10.4 Å². The van der Waals surface area contributed by atoms with Gasteiger partial charge in [0.25, 0.3) is 5.91 Å². The van der Waals surface area contributed by atoms with E-state index >= 15 is 0 Å². The van der Waals surface area contributed by atoms with Crippen molar-refractivity contribution in [1.82, 2.24) is 15.4 Å². The average Bonchev–Trinajstić information content (AvgIpc) is 3.08.